The number of alkyl halides is 3. The quantitative estimate of drug-likeness (QED) is 0.659. The number of carbonyl (C=O) groups is 2. The second-order valence-electron chi connectivity index (χ2n) is 7.52. The average Bonchev–Trinajstić information content (AvgIpc) is 2.82. The first-order valence-electron chi connectivity index (χ1n) is 9.83. The lowest BCUT2D eigenvalue weighted by Gasteiger charge is -2.23. The van der Waals surface area contributed by atoms with Crippen molar-refractivity contribution in [2.75, 3.05) is 16.8 Å². The van der Waals surface area contributed by atoms with Crippen LogP contribution in [0, 0.1) is 13.8 Å². The van der Waals surface area contributed by atoms with Crippen LogP contribution in [-0.4, -0.2) is 28.3 Å². The Morgan fingerprint density at radius 1 is 1.16 bits per heavy atom. The number of fused-ring (bicyclic) bond motifs is 3. The minimum Gasteiger partial charge on any atom is -0.325 e. The SMILES string of the molecule is Cc1cc2c(c(C)n1)-c1cccnc1CC(=O)N2CC(=O)Nc1ccc(C(F)(F)F)cc1. The van der Waals surface area contributed by atoms with Crippen molar-refractivity contribution >= 4 is 23.2 Å². The molecule has 3 heterocycles. The number of nitrogens with one attached hydrogen (secondary N) is 1. The number of benzene rings is 1. The molecule has 9 heteroatoms. The summed E-state index contributed by atoms with van der Waals surface area (Å²) in [5.74, 6) is -0.841. The van der Waals surface area contributed by atoms with Crippen LogP contribution in [0.2, 0.25) is 0 Å². The zero-order valence-electron chi connectivity index (χ0n) is 17.3. The molecule has 164 valence electrons. The van der Waals surface area contributed by atoms with E-state index in [4.69, 9.17) is 0 Å². The molecule has 0 saturated carbocycles. The number of halogens is 3. The van der Waals surface area contributed by atoms with Crippen molar-refractivity contribution in [3.63, 3.8) is 0 Å². The monoisotopic (exact) mass is 440 g/mol. The highest BCUT2D eigenvalue weighted by atomic mass is 19.4. The predicted molar refractivity (Wildman–Crippen MR) is 113 cm³/mol. The molecule has 32 heavy (non-hydrogen) atoms. The smallest absolute Gasteiger partial charge is 0.325 e. The van der Waals surface area contributed by atoms with Gasteiger partial charge in [0.2, 0.25) is 11.8 Å². The molecule has 0 aliphatic carbocycles. The summed E-state index contributed by atoms with van der Waals surface area (Å²) in [6.45, 7) is 3.33. The third-order valence-electron chi connectivity index (χ3n) is 5.18. The molecular weight excluding hydrogens is 421 g/mol. The molecule has 0 saturated heterocycles. The highest BCUT2D eigenvalue weighted by Gasteiger charge is 2.31. The Morgan fingerprint density at radius 2 is 1.88 bits per heavy atom. The van der Waals surface area contributed by atoms with Gasteiger partial charge in [0.15, 0.2) is 0 Å². The van der Waals surface area contributed by atoms with E-state index >= 15 is 0 Å². The first-order valence-corrected chi connectivity index (χ1v) is 9.83. The van der Waals surface area contributed by atoms with E-state index < -0.39 is 17.6 Å². The number of pyridine rings is 2. The van der Waals surface area contributed by atoms with Gasteiger partial charge in [-0.2, -0.15) is 13.2 Å². The molecule has 0 unspecified atom stereocenters. The van der Waals surface area contributed by atoms with Gasteiger partial charge in [-0.05, 0) is 50.2 Å². The number of hydrogen-bond donors (Lipinski definition) is 1. The van der Waals surface area contributed by atoms with Gasteiger partial charge in [0.25, 0.3) is 0 Å². The fraction of sp³-hybridized carbons (Fsp3) is 0.217. The summed E-state index contributed by atoms with van der Waals surface area (Å²) >= 11 is 0. The van der Waals surface area contributed by atoms with E-state index in [9.17, 15) is 22.8 Å². The van der Waals surface area contributed by atoms with Gasteiger partial charge in [0.1, 0.15) is 6.54 Å². The van der Waals surface area contributed by atoms with Crippen molar-refractivity contribution in [2.45, 2.75) is 26.4 Å². The second kappa shape index (κ2) is 8.07. The normalized spacial score (nSPS) is 13.3. The summed E-state index contributed by atoms with van der Waals surface area (Å²) in [6.07, 6.45) is -2.84. The molecule has 1 aromatic carbocycles. The van der Waals surface area contributed by atoms with Crippen LogP contribution in [0.25, 0.3) is 11.1 Å². The lowest BCUT2D eigenvalue weighted by atomic mass is 10.00. The number of amides is 2. The fourth-order valence-corrected chi connectivity index (χ4v) is 3.79. The summed E-state index contributed by atoms with van der Waals surface area (Å²) in [7, 11) is 0. The number of rotatable bonds is 3. The van der Waals surface area contributed by atoms with Gasteiger partial charge in [-0.1, -0.05) is 6.07 Å². The van der Waals surface area contributed by atoms with Crippen LogP contribution in [0.3, 0.4) is 0 Å². The average molecular weight is 440 g/mol. The molecule has 6 nitrogen and oxygen atoms in total. The Bertz CT molecular complexity index is 1210. The molecule has 0 bridgehead atoms. The van der Waals surface area contributed by atoms with Crippen molar-refractivity contribution in [1.82, 2.24) is 9.97 Å². The van der Waals surface area contributed by atoms with Crippen LogP contribution in [0.1, 0.15) is 22.6 Å². The third-order valence-corrected chi connectivity index (χ3v) is 5.18. The van der Waals surface area contributed by atoms with Crippen molar-refractivity contribution < 1.29 is 22.8 Å². The predicted octanol–water partition coefficient (Wildman–Crippen LogP) is 4.31. The maximum absolute atomic E-state index is 13.1. The number of hydrogen-bond acceptors (Lipinski definition) is 4. The first-order chi connectivity index (χ1) is 15.1. The highest BCUT2D eigenvalue weighted by molar-refractivity contribution is 6.07. The van der Waals surface area contributed by atoms with Crippen LogP contribution in [0.5, 0.6) is 0 Å². The summed E-state index contributed by atoms with van der Waals surface area (Å²) in [4.78, 5) is 36.0. The van der Waals surface area contributed by atoms with Crippen molar-refractivity contribution in [2.24, 2.45) is 0 Å². The molecule has 0 spiro atoms. The lowest BCUT2D eigenvalue weighted by molar-refractivity contribution is -0.137. The third kappa shape index (κ3) is 4.18. The minimum absolute atomic E-state index is 0.0108. The molecule has 1 aliphatic rings. The number of carbonyl (C=O) groups excluding carboxylic acids is 2. The van der Waals surface area contributed by atoms with Gasteiger partial charge in [-0.25, -0.2) is 0 Å². The van der Waals surface area contributed by atoms with Crippen molar-refractivity contribution in [1.29, 1.82) is 0 Å². The zero-order valence-corrected chi connectivity index (χ0v) is 17.3. The minimum atomic E-state index is -4.46. The summed E-state index contributed by atoms with van der Waals surface area (Å²) in [5, 5.41) is 2.56. The van der Waals surface area contributed by atoms with E-state index in [0.29, 0.717) is 22.8 Å². The maximum atomic E-state index is 13.1. The Morgan fingerprint density at radius 3 is 2.56 bits per heavy atom. The molecule has 1 N–H and O–H groups in total. The number of anilines is 2. The number of aryl methyl sites for hydroxylation is 2. The van der Waals surface area contributed by atoms with Crippen molar-refractivity contribution in [3.05, 3.63) is 71.3 Å². The summed E-state index contributed by atoms with van der Waals surface area (Å²) in [6, 6.07) is 9.52. The topological polar surface area (TPSA) is 75.2 Å². The van der Waals surface area contributed by atoms with E-state index in [1.165, 1.54) is 17.0 Å². The molecule has 2 aromatic heterocycles. The standard InChI is InChI=1S/C23H19F3N4O2/c1-13-10-19-22(14(2)28-13)17-4-3-9-27-18(17)11-21(32)30(19)12-20(31)29-16-7-5-15(6-8-16)23(24,25)26/h3-10H,11-12H2,1-2H3,(H,29,31). The van der Waals surface area contributed by atoms with Gasteiger partial charge >= 0.3 is 6.18 Å². The van der Waals surface area contributed by atoms with Crippen LogP contribution in [-0.2, 0) is 22.2 Å². The number of aromatic nitrogens is 2. The molecule has 0 fully saturated rings. The largest absolute Gasteiger partial charge is 0.416 e. The summed E-state index contributed by atoms with van der Waals surface area (Å²) in [5.41, 5.74) is 3.45. The molecule has 1 aliphatic heterocycles. The Kier molecular flexibility index (Phi) is 5.41. The van der Waals surface area contributed by atoms with E-state index in [2.05, 4.69) is 15.3 Å². The van der Waals surface area contributed by atoms with Gasteiger partial charge in [0.05, 0.1) is 23.4 Å². The van der Waals surface area contributed by atoms with E-state index in [0.717, 1.165) is 23.3 Å². The van der Waals surface area contributed by atoms with E-state index in [1.54, 1.807) is 25.3 Å². The molecule has 0 radical (unpaired) electrons. The zero-order chi connectivity index (χ0) is 23.0. The second-order valence-corrected chi connectivity index (χ2v) is 7.52. The molecule has 0 atom stereocenters. The Balaban J connectivity index is 1.64. The van der Waals surface area contributed by atoms with Gasteiger partial charge in [-0.15, -0.1) is 0 Å². The lowest BCUT2D eigenvalue weighted by Crippen LogP contribution is -2.38. The highest BCUT2D eigenvalue weighted by Crippen LogP contribution is 2.38. The van der Waals surface area contributed by atoms with Gasteiger partial charge in [0, 0.05) is 34.4 Å². The van der Waals surface area contributed by atoms with E-state index in [1.807, 2.05) is 13.0 Å². The van der Waals surface area contributed by atoms with Crippen LogP contribution < -0.4 is 10.2 Å². The fourth-order valence-electron chi connectivity index (χ4n) is 3.79. The van der Waals surface area contributed by atoms with Gasteiger partial charge in [-0.3, -0.25) is 19.6 Å². The van der Waals surface area contributed by atoms with E-state index in [-0.39, 0.29) is 24.6 Å². The molecule has 4 rings (SSSR count). The van der Waals surface area contributed by atoms with Crippen LogP contribution in [0.15, 0.2) is 48.7 Å². The van der Waals surface area contributed by atoms with Crippen molar-refractivity contribution in [3.8, 4) is 11.1 Å². The van der Waals surface area contributed by atoms with Crippen LogP contribution >= 0.6 is 0 Å². The molecular formula is C23H19F3N4O2. The molecule has 3 aromatic rings. The summed E-state index contributed by atoms with van der Waals surface area (Å²) < 4.78 is 38.2. The first kappa shape index (κ1) is 21.5. The molecule has 2 amide bonds. The Labute approximate surface area is 182 Å². The maximum Gasteiger partial charge on any atom is 0.416 e. The number of nitrogens with zero attached hydrogens (tertiary/aromatic N) is 3. The van der Waals surface area contributed by atoms with Crippen LogP contribution in [0.4, 0.5) is 24.5 Å². The van der Waals surface area contributed by atoms with Gasteiger partial charge < -0.3 is 10.2 Å². The Hall–Kier alpha value is -3.75.